The van der Waals surface area contributed by atoms with Crippen molar-refractivity contribution in [2.45, 2.75) is 6.04 Å². The van der Waals surface area contributed by atoms with Gasteiger partial charge in [0.25, 0.3) is 0 Å². The Morgan fingerprint density at radius 3 is 2.33 bits per heavy atom. The average molecular weight is 135 g/mol. The lowest BCUT2D eigenvalue weighted by atomic mass is 10.3. The summed E-state index contributed by atoms with van der Waals surface area (Å²) in [7, 11) is 1.77. The zero-order valence-electron chi connectivity index (χ0n) is 5.39. The Hall–Kier alpha value is -0.200. The molecular weight excluding hydrogens is 122 g/mol. The number of rotatable bonds is 5. The van der Waals surface area contributed by atoms with Gasteiger partial charge in [0.15, 0.2) is 0 Å². The van der Waals surface area contributed by atoms with Gasteiger partial charge in [-0.25, -0.2) is 5.48 Å². The standard InChI is InChI=1S/C4H13N3O2/c1-5-2-4(7-9)3-6-8/h4-9H,2-3H2,1H3. The molecule has 0 aromatic carbocycles. The van der Waals surface area contributed by atoms with E-state index in [2.05, 4.69) is 5.32 Å². The van der Waals surface area contributed by atoms with Crippen LogP contribution in [0.25, 0.3) is 0 Å². The van der Waals surface area contributed by atoms with Crippen LogP contribution >= 0.6 is 0 Å². The van der Waals surface area contributed by atoms with Crippen LogP contribution < -0.4 is 16.3 Å². The van der Waals surface area contributed by atoms with Crippen LogP contribution in [0.1, 0.15) is 0 Å². The molecule has 1 atom stereocenters. The second kappa shape index (κ2) is 5.93. The minimum absolute atomic E-state index is 0.153. The number of hydroxylamine groups is 2. The minimum Gasteiger partial charge on any atom is -0.318 e. The molecule has 0 spiro atoms. The molecule has 9 heavy (non-hydrogen) atoms. The maximum absolute atomic E-state index is 8.35. The number of nitrogens with one attached hydrogen (secondary N) is 3. The van der Waals surface area contributed by atoms with Crippen LogP contribution in [-0.4, -0.2) is 36.6 Å². The molecule has 0 amide bonds. The fraction of sp³-hybridized carbons (Fsp3) is 1.00. The highest BCUT2D eigenvalue weighted by molar-refractivity contribution is 4.63. The molecule has 0 aromatic rings. The van der Waals surface area contributed by atoms with E-state index in [9.17, 15) is 0 Å². The van der Waals surface area contributed by atoms with Crippen LogP contribution in [0.3, 0.4) is 0 Å². The lowest BCUT2D eigenvalue weighted by Crippen LogP contribution is -2.42. The second-order valence-electron chi connectivity index (χ2n) is 1.75. The van der Waals surface area contributed by atoms with Crippen molar-refractivity contribution in [3.8, 4) is 0 Å². The normalized spacial score (nSPS) is 13.7. The fourth-order valence-electron chi connectivity index (χ4n) is 0.520. The molecule has 0 aromatic heterocycles. The largest absolute Gasteiger partial charge is 0.318 e. The van der Waals surface area contributed by atoms with Crippen LogP contribution in [0.15, 0.2) is 0 Å². The molecule has 0 heterocycles. The van der Waals surface area contributed by atoms with Crippen LogP contribution in [0, 0.1) is 0 Å². The summed E-state index contributed by atoms with van der Waals surface area (Å²) in [5, 5.41) is 19.3. The number of hydrogen-bond donors (Lipinski definition) is 5. The Balaban J connectivity index is 3.18. The molecule has 5 N–H and O–H groups in total. The predicted octanol–water partition coefficient (Wildman–Crippen LogP) is -1.47. The highest BCUT2D eigenvalue weighted by atomic mass is 16.5. The van der Waals surface area contributed by atoms with Crippen LogP contribution in [0.4, 0.5) is 0 Å². The molecule has 0 aliphatic rings. The van der Waals surface area contributed by atoms with E-state index in [-0.39, 0.29) is 6.04 Å². The molecule has 56 valence electrons. The van der Waals surface area contributed by atoms with E-state index in [1.54, 1.807) is 7.05 Å². The van der Waals surface area contributed by atoms with E-state index in [0.29, 0.717) is 13.1 Å². The summed E-state index contributed by atoms with van der Waals surface area (Å²) in [6, 6.07) is -0.153. The Morgan fingerprint density at radius 1 is 1.33 bits per heavy atom. The van der Waals surface area contributed by atoms with Gasteiger partial charge in [0.05, 0.1) is 6.04 Å². The smallest absolute Gasteiger partial charge is 0.0591 e. The van der Waals surface area contributed by atoms with Gasteiger partial charge in [0.1, 0.15) is 0 Å². The van der Waals surface area contributed by atoms with Gasteiger partial charge in [0, 0.05) is 13.1 Å². The first-order valence-electron chi connectivity index (χ1n) is 2.76. The average Bonchev–Trinajstić information content (AvgIpc) is 1.88. The summed E-state index contributed by atoms with van der Waals surface area (Å²) in [6.07, 6.45) is 0. The third kappa shape index (κ3) is 4.31. The molecule has 0 saturated heterocycles. The van der Waals surface area contributed by atoms with Crippen molar-refractivity contribution in [3.05, 3.63) is 0 Å². The quantitative estimate of drug-likeness (QED) is 0.298. The van der Waals surface area contributed by atoms with Gasteiger partial charge in [-0.2, -0.15) is 5.48 Å². The third-order valence-corrected chi connectivity index (χ3v) is 0.971. The fourth-order valence-corrected chi connectivity index (χ4v) is 0.520. The highest BCUT2D eigenvalue weighted by Crippen LogP contribution is 1.73. The maximum atomic E-state index is 8.35. The first kappa shape index (κ1) is 8.80. The Bertz CT molecular complexity index is 55.8. The first-order valence-corrected chi connectivity index (χ1v) is 2.76. The summed E-state index contributed by atoms with van der Waals surface area (Å²) in [5.74, 6) is 0. The van der Waals surface area contributed by atoms with Gasteiger partial charge in [-0.15, -0.1) is 0 Å². The van der Waals surface area contributed by atoms with E-state index in [1.807, 2.05) is 11.0 Å². The SMILES string of the molecule is CNCC(CNO)NO. The van der Waals surface area contributed by atoms with E-state index < -0.39 is 0 Å². The van der Waals surface area contributed by atoms with Crippen molar-refractivity contribution >= 4 is 0 Å². The predicted molar refractivity (Wildman–Crippen MR) is 32.4 cm³/mol. The third-order valence-electron chi connectivity index (χ3n) is 0.971. The molecule has 0 rings (SSSR count). The van der Waals surface area contributed by atoms with E-state index in [4.69, 9.17) is 10.4 Å². The van der Waals surface area contributed by atoms with Gasteiger partial charge in [-0.05, 0) is 7.05 Å². The maximum Gasteiger partial charge on any atom is 0.0591 e. The molecular formula is C4H13N3O2. The molecule has 5 nitrogen and oxygen atoms in total. The molecule has 5 heteroatoms. The molecule has 1 unspecified atom stereocenters. The summed E-state index contributed by atoms with van der Waals surface area (Å²) in [5.41, 5.74) is 3.96. The van der Waals surface area contributed by atoms with Crippen molar-refractivity contribution in [2.75, 3.05) is 20.1 Å². The minimum atomic E-state index is -0.153. The zero-order valence-corrected chi connectivity index (χ0v) is 5.39. The van der Waals surface area contributed by atoms with Crippen LogP contribution in [0.2, 0.25) is 0 Å². The van der Waals surface area contributed by atoms with Crippen molar-refractivity contribution in [1.82, 2.24) is 16.3 Å². The zero-order chi connectivity index (χ0) is 7.11. The molecule has 0 saturated carbocycles. The van der Waals surface area contributed by atoms with E-state index in [1.165, 1.54) is 0 Å². The lowest BCUT2D eigenvalue weighted by Gasteiger charge is -2.11. The second-order valence-corrected chi connectivity index (χ2v) is 1.75. The van der Waals surface area contributed by atoms with Gasteiger partial charge < -0.3 is 15.7 Å². The van der Waals surface area contributed by atoms with Gasteiger partial charge in [0.2, 0.25) is 0 Å². The van der Waals surface area contributed by atoms with Crippen LogP contribution in [0.5, 0.6) is 0 Å². The molecule has 0 aliphatic heterocycles. The van der Waals surface area contributed by atoms with Crippen molar-refractivity contribution in [3.63, 3.8) is 0 Å². The lowest BCUT2D eigenvalue weighted by molar-refractivity contribution is 0.0892. The Labute approximate surface area is 54.0 Å². The summed E-state index contributed by atoms with van der Waals surface area (Å²) < 4.78 is 0. The van der Waals surface area contributed by atoms with Crippen LogP contribution in [-0.2, 0) is 0 Å². The molecule has 0 bridgehead atoms. The van der Waals surface area contributed by atoms with Crippen molar-refractivity contribution in [2.24, 2.45) is 0 Å². The van der Waals surface area contributed by atoms with Gasteiger partial charge >= 0.3 is 0 Å². The topological polar surface area (TPSA) is 76.5 Å². The summed E-state index contributed by atoms with van der Waals surface area (Å²) in [4.78, 5) is 0. The Morgan fingerprint density at radius 2 is 2.00 bits per heavy atom. The monoisotopic (exact) mass is 135 g/mol. The van der Waals surface area contributed by atoms with Gasteiger partial charge in [-0.3, -0.25) is 0 Å². The highest BCUT2D eigenvalue weighted by Gasteiger charge is 2.02. The van der Waals surface area contributed by atoms with E-state index >= 15 is 0 Å². The first-order chi connectivity index (χ1) is 4.35. The molecule has 0 aliphatic carbocycles. The number of hydrogen-bond acceptors (Lipinski definition) is 5. The molecule has 0 radical (unpaired) electrons. The van der Waals surface area contributed by atoms with Gasteiger partial charge in [-0.1, -0.05) is 0 Å². The van der Waals surface area contributed by atoms with Crippen molar-refractivity contribution in [1.29, 1.82) is 0 Å². The van der Waals surface area contributed by atoms with E-state index in [0.717, 1.165) is 0 Å². The molecule has 0 fully saturated rings. The summed E-state index contributed by atoms with van der Waals surface area (Å²) in [6.45, 7) is 0.918. The van der Waals surface area contributed by atoms with Crippen molar-refractivity contribution < 1.29 is 10.4 Å². The summed E-state index contributed by atoms with van der Waals surface area (Å²) >= 11 is 0. The number of likely N-dealkylation sites (N-methyl/N-ethyl adjacent to an activating group) is 1. The Kier molecular flexibility index (Phi) is 5.80.